The Hall–Kier alpha value is 0. The molecule has 0 bridgehead atoms. The lowest BCUT2D eigenvalue weighted by Gasteiger charge is -2.54. The summed E-state index contributed by atoms with van der Waals surface area (Å²) in [5, 5.41) is 0. The summed E-state index contributed by atoms with van der Waals surface area (Å²) >= 11 is 0. The maximum absolute atomic E-state index is 2.52. The minimum atomic E-state index is 0.339. The van der Waals surface area contributed by atoms with E-state index in [1.165, 1.54) is 154 Å². The van der Waals surface area contributed by atoms with Crippen molar-refractivity contribution in [2.45, 2.75) is 216 Å². The summed E-state index contributed by atoms with van der Waals surface area (Å²) in [7, 11) is 0. The van der Waals surface area contributed by atoms with Crippen LogP contribution < -0.4 is 0 Å². The summed E-state index contributed by atoms with van der Waals surface area (Å²) in [6.07, 6.45) is 35.2. The van der Waals surface area contributed by atoms with E-state index in [0.717, 1.165) is 5.92 Å². The van der Waals surface area contributed by atoms with Gasteiger partial charge in [-0.15, -0.1) is 0 Å². The van der Waals surface area contributed by atoms with E-state index in [9.17, 15) is 0 Å². The van der Waals surface area contributed by atoms with Crippen LogP contribution in [0.1, 0.15) is 216 Å². The summed E-state index contributed by atoms with van der Waals surface area (Å²) in [4.78, 5) is 0. The van der Waals surface area contributed by atoms with E-state index in [1.54, 1.807) is 0 Å². The van der Waals surface area contributed by atoms with Gasteiger partial charge in [0.25, 0.3) is 0 Å². The molecule has 0 aromatic carbocycles. The monoisotopic (exact) mass is 521 g/mol. The molecule has 0 fully saturated rings. The maximum atomic E-state index is 2.52. The van der Waals surface area contributed by atoms with E-state index in [4.69, 9.17) is 0 Å². The molecule has 37 heavy (non-hydrogen) atoms. The van der Waals surface area contributed by atoms with Gasteiger partial charge in [0.2, 0.25) is 0 Å². The van der Waals surface area contributed by atoms with E-state index in [0.29, 0.717) is 16.2 Å². The molecule has 0 aliphatic rings. The van der Waals surface area contributed by atoms with E-state index in [1.807, 2.05) is 0 Å². The van der Waals surface area contributed by atoms with Crippen molar-refractivity contribution < 1.29 is 0 Å². The Morgan fingerprint density at radius 2 is 0.622 bits per heavy atom. The van der Waals surface area contributed by atoms with Crippen LogP contribution in [0.2, 0.25) is 0 Å². The van der Waals surface area contributed by atoms with Gasteiger partial charge in [-0.3, -0.25) is 0 Å². The lowest BCUT2D eigenvalue weighted by molar-refractivity contribution is -0.0466. The molecule has 0 spiro atoms. The number of unbranched alkanes of at least 4 members (excludes halogenated alkanes) is 22. The van der Waals surface area contributed by atoms with Gasteiger partial charge in [-0.25, -0.2) is 0 Å². The second-order valence-electron chi connectivity index (χ2n) is 15.1. The van der Waals surface area contributed by atoms with Gasteiger partial charge in [0, 0.05) is 0 Å². The first-order chi connectivity index (χ1) is 17.5. The molecule has 0 heteroatoms. The van der Waals surface area contributed by atoms with Crippen molar-refractivity contribution in [3.05, 3.63) is 0 Å². The molecule has 0 radical (unpaired) electrons. The van der Waals surface area contributed by atoms with Crippen LogP contribution in [0.5, 0.6) is 0 Å². The highest BCUT2D eigenvalue weighted by Gasteiger charge is 2.47. The van der Waals surface area contributed by atoms with Crippen molar-refractivity contribution in [1.29, 1.82) is 0 Å². The molecular weight excluding hydrogens is 444 g/mol. The topological polar surface area (TPSA) is 0 Å². The highest BCUT2D eigenvalue weighted by Crippen LogP contribution is 2.55. The average molecular weight is 521 g/mol. The van der Waals surface area contributed by atoms with Crippen molar-refractivity contribution in [1.82, 2.24) is 0 Å². The fourth-order valence-corrected chi connectivity index (χ4v) is 6.18. The summed E-state index contributed by atoms with van der Waals surface area (Å²) in [5.41, 5.74) is 1.06. The Bertz CT molecular complexity index is 477. The molecule has 0 saturated heterocycles. The molecule has 224 valence electrons. The van der Waals surface area contributed by atoms with Crippen LogP contribution in [0.15, 0.2) is 0 Å². The molecule has 0 N–H and O–H groups in total. The van der Waals surface area contributed by atoms with Crippen molar-refractivity contribution in [3.8, 4) is 0 Å². The molecular formula is C37H76. The minimum absolute atomic E-state index is 0.339. The predicted octanol–water partition coefficient (Wildman–Crippen LogP) is 14.1. The Balaban J connectivity index is 3.42. The molecule has 0 aliphatic carbocycles. The predicted molar refractivity (Wildman–Crippen MR) is 173 cm³/mol. The lowest BCUT2D eigenvalue weighted by Crippen LogP contribution is -2.46. The fraction of sp³-hybridized carbons (Fsp3) is 1.00. The summed E-state index contributed by atoms with van der Waals surface area (Å²) < 4.78 is 0. The number of hydrogen-bond donors (Lipinski definition) is 0. The van der Waals surface area contributed by atoms with E-state index < -0.39 is 0 Å². The number of rotatable bonds is 26. The molecule has 1 atom stereocenters. The first kappa shape index (κ1) is 37.0. The quantitative estimate of drug-likeness (QED) is 0.0994. The van der Waals surface area contributed by atoms with Crippen molar-refractivity contribution >= 4 is 0 Å². The van der Waals surface area contributed by atoms with Crippen LogP contribution in [-0.4, -0.2) is 0 Å². The fourth-order valence-electron chi connectivity index (χ4n) is 6.18. The second kappa shape index (κ2) is 21.8. The van der Waals surface area contributed by atoms with E-state index >= 15 is 0 Å². The third kappa shape index (κ3) is 17.3. The maximum Gasteiger partial charge on any atom is -0.0252 e. The van der Waals surface area contributed by atoms with Crippen LogP contribution in [0, 0.1) is 22.2 Å². The van der Waals surface area contributed by atoms with Crippen molar-refractivity contribution in [2.75, 3.05) is 0 Å². The molecule has 1 unspecified atom stereocenters. The van der Waals surface area contributed by atoms with Gasteiger partial charge in [-0.2, -0.15) is 0 Å². The van der Waals surface area contributed by atoms with Crippen molar-refractivity contribution in [2.24, 2.45) is 22.2 Å². The van der Waals surface area contributed by atoms with Gasteiger partial charge >= 0.3 is 0 Å². The van der Waals surface area contributed by atoms with Crippen LogP contribution in [0.25, 0.3) is 0 Å². The Morgan fingerprint density at radius 3 is 0.865 bits per heavy atom. The highest BCUT2D eigenvalue weighted by atomic mass is 14.5. The SMILES string of the molecule is CCCCCCCCCCCCCCCCCCCCCCCCCC(C)C(C)(C)C(C)(C)C(C)(C)C. The third-order valence-corrected chi connectivity index (χ3v) is 11.0. The Labute approximate surface area is 238 Å². The molecule has 0 rings (SSSR count). The van der Waals surface area contributed by atoms with Gasteiger partial charge in [0.1, 0.15) is 0 Å². The van der Waals surface area contributed by atoms with Gasteiger partial charge in [-0.05, 0) is 22.2 Å². The first-order valence-corrected chi connectivity index (χ1v) is 17.5. The third-order valence-electron chi connectivity index (χ3n) is 11.0. The molecule has 0 saturated carbocycles. The van der Waals surface area contributed by atoms with Crippen LogP contribution >= 0.6 is 0 Å². The number of hydrogen-bond acceptors (Lipinski definition) is 0. The average Bonchev–Trinajstić information content (AvgIpc) is 2.83. The summed E-state index contributed by atoms with van der Waals surface area (Å²) in [6.45, 7) is 22.1. The second-order valence-corrected chi connectivity index (χ2v) is 15.1. The van der Waals surface area contributed by atoms with Gasteiger partial charge in [0.15, 0.2) is 0 Å². The Morgan fingerprint density at radius 1 is 0.378 bits per heavy atom. The standard InChI is InChI=1S/C37H76/c1-10-11-12-13-14-15-16-17-18-19-20-21-22-23-24-25-26-27-28-29-30-31-32-33-34(2)36(6,7)37(8,9)35(3,4)5/h34H,10-33H2,1-9H3. The largest absolute Gasteiger partial charge is 0.0654 e. The van der Waals surface area contributed by atoms with Crippen LogP contribution in [0.3, 0.4) is 0 Å². The van der Waals surface area contributed by atoms with Gasteiger partial charge in [-0.1, -0.05) is 216 Å². The highest BCUT2D eigenvalue weighted by molar-refractivity contribution is 4.96. The lowest BCUT2D eigenvalue weighted by atomic mass is 9.51. The molecule has 0 aliphatic heterocycles. The molecule has 0 amide bonds. The normalized spacial score (nSPS) is 13.9. The Kier molecular flexibility index (Phi) is 21.8. The smallest absolute Gasteiger partial charge is 0.0252 e. The summed E-state index contributed by atoms with van der Waals surface area (Å²) in [6, 6.07) is 0. The molecule has 0 aromatic heterocycles. The van der Waals surface area contributed by atoms with Gasteiger partial charge < -0.3 is 0 Å². The zero-order valence-corrected chi connectivity index (χ0v) is 28.0. The summed E-state index contributed by atoms with van der Waals surface area (Å²) in [5.74, 6) is 0.789. The molecule has 0 nitrogen and oxygen atoms in total. The van der Waals surface area contributed by atoms with Crippen LogP contribution in [-0.2, 0) is 0 Å². The van der Waals surface area contributed by atoms with Crippen molar-refractivity contribution in [3.63, 3.8) is 0 Å². The zero-order valence-electron chi connectivity index (χ0n) is 28.0. The minimum Gasteiger partial charge on any atom is -0.0654 e. The zero-order chi connectivity index (χ0) is 28.0. The van der Waals surface area contributed by atoms with E-state index in [2.05, 4.69) is 62.3 Å². The first-order valence-electron chi connectivity index (χ1n) is 17.5. The van der Waals surface area contributed by atoms with Gasteiger partial charge in [0.05, 0.1) is 0 Å². The molecule has 0 heterocycles. The van der Waals surface area contributed by atoms with Crippen LogP contribution in [0.4, 0.5) is 0 Å². The molecule has 0 aromatic rings. The van der Waals surface area contributed by atoms with E-state index in [-0.39, 0.29) is 0 Å².